The number of ether oxygens (including phenoxy) is 2. The Balaban J connectivity index is 1.29. The van der Waals surface area contributed by atoms with E-state index in [0.29, 0.717) is 53.8 Å². The van der Waals surface area contributed by atoms with Gasteiger partial charge in [-0.3, -0.25) is 9.59 Å². The fraction of sp³-hybridized carbons (Fsp3) is 0.419. The number of nitrogens with one attached hydrogen (secondary N) is 1. The van der Waals surface area contributed by atoms with Crippen LogP contribution >= 0.6 is 35.0 Å². The first kappa shape index (κ1) is 32.7. The second kappa shape index (κ2) is 15.5. The van der Waals surface area contributed by atoms with Crippen LogP contribution in [0.2, 0.25) is 10.0 Å². The molecule has 1 aliphatic carbocycles. The molecule has 0 saturated carbocycles. The fourth-order valence-corrected chi connectivity index (χ4v) is 6.26. The largest absolute Gasteiger partial charge is 0.501 e. The summed E-state index contributed by atoms with van der Waals surface area (Å²) in [6.07, 6.45) is 15.6. The summed E-state index contributed by atoms with van der Waals surface area (Å²) in [4.78, 5) is 45.5. The highest BCUT2D eigenvalue weighted by Crippen LogP contribution is 2.35. The average molecular weight is 648 g/mol. The van der Waals surface area contributed by atoms with Crippen LogP contribution in [0.25, 0.3) is 6.08 Å². The number of hydrogen-bond donors (Lipinski definition) is 1. The van der Waals surface area contributed by atoms with Gasteiger partial charge in [-0.15, -0.1) is 11.8 Å². The second-order valence-electron chi connectivity index (χ2n) is 10.4. The third-order valence-corrected chi connectivity index (χ3v) is 9.42. The lowest BCUT2D eigenvalue weighted by molar-refractivity contribution is -0.145. The summed E-state index contributed by atoms with van der Waals surface area (Å²) in [5, 5.41) is 3.72. The smallest absolute Gasteiger partial charge is 0.328 e. The summed E-state index contributed by atoms with van der Waals surface area (Å²) in [7, 11) is 2.97. The van der Waals surface area contributed by atoms with Crippen molar-refractivity contribution in [2.45, 2.75) is 49.6 Å². The molecule has 43 heavy (non-hydrogen) atoms. The summed E-state index contributed by atoms with van der Waals surface area (Å²) in [5.74, 6) is -0.293. The van der Waals surface area contributed by atoms with Gasteiger partial charge in [0.15, 0.2) is 0 Å². The van der Waals surface area contributed by atoms with Gasteiger partial charge in [0, 0.05) is 55.6 Å². The number of nitrogens with zero attached hydrogens (tertiary/aromatic N) is 3. The van der Waals surface area contributed by atoms with Gasteiger partial charge in [-0.2, -0.15) is 0 Å². The maximum absolute atomic E-state index is 13.1. The standard InChI is InChI=1S/C31H36Cl2N4O5S/c1-41-24-8-4-20(5-9-24)17-36-18-23(34-19-36)16-25(31(40)42-2)35-30(39)22-12-14-37(15-13-22)27(38)11-7-21-6-10-26(43-3)29(33)28(21)32/h4,6-8,10-11,18-19,22,25H,5,9,12-17H2,1-3H3,(H,35,39)/b11-7+/t25-/m0/s1. The topological polar surface area (TPSA) is 103 Å². The number of thioether (sulfide) groups is 1. The lowest BCUT2D eigenvalue weighted by atomic mass is 9.95. The Bertz CT molecular complexity index is 1430. The van der Waals surface area contributed by atoms with Crippen molar-refractivity contribution in [1.29, 1.82) is 0 Å². The first-order valence-corrected chi connectivity index (χ1v) is 16.0. The van der Waals surface area contributed by atoms with E-state index in [4.69, 9.17) is 32.7 Å². The van der Waals surface area contributed by atoms with Crippen molar-refractivity contribution in [3.63, 3.8) is 0 Å². The molecule has 4 rings (SSSR count). The lowest BCUT2D eigenvalue weighted by Gasteiger charge is -2.31. The van der Waals surface area contributed by atoms with Gasteiger partial charge in [-0.1, -0.05) is 35.3 Å². The molecular formula is C31H36Cl2N4O5S. The van der Waals surface area contributed by atoms with Gasteiger partial charge in [-0.05, 0) is 54.9 Å². The van der Waals surface area contributed by atoms with E-state index in [9.17, 15) is 14.4 Å². The van der Waals surface area contributed by atoms with Crippen LogP contribution in [0.3, 0.4) is 0 Å². The molecule has 0 bridgehead atoms. The van der Waals surface area contributed by atoms with E-state index in [1.54, 1.807) is 24.4 Å². The molecule has 12 heteroatoms. The minimum absolute atomic E-state index is 0.165. The summed E-state index contributed by atoms with van der Waals surface area (Å²) in [6.45, 7) is 1.53. The molecule has 1 aliphatic heterocycles. The van der Waals surface area contributed by atoms with Crippen molar-refractivity contribution in [3.05, 3.63) is 75.5 Å². The van der Waals surface area contributed by atoms with Crippen molar-refractivity contribution in [1.82, 2.24) is 19.8 Å². The molecule has 2 aliphatic rings. The van der Waals surface area contributed by atoms with Crippen LogP contribution in [0.15, 0.2) is 59.1 Å². The van der Waals surface area contributed by atoms with Crippen molar-refractivity contribution in [3.8, 4) is 0 Å². The van der Waals surface area contributed by atoms with Crippen molar-refractivity contribution in [2.75, 3.05) is 33.6 Å². The van der Waals surface area contributed by atoms with Gasteiger partial charge in [0.25, 0.3) is 0 Å². The lowest BCUT2D eigenvalue weighted by Crippen LogP contribution is -2.48. The van der Waals surface area contributed by atoms with E-state index in [1.165, 1.54) is 30.5 Å². The normalized spacial score (nSPS) is 16.4. The highest BCUT2D eigenvalue weighted by Gasteiger charge is 2.30. The van der Waals surface area contributed by atoms with Crippen molar-refractivity contribution >= 4 is 58.8 Å². The Kier molecular flexibility index (Phi) is 11.8. The van der Waals surface area contributed by atoms with E-state index in [1.807, 2.05) is 35.2 Å². The van der Waals surface area contributed by atoms with Gasteiger partial charge in [0.05, 0.1) is 42.0 Å². The maximum atomic E-state index is 13.1. The molecule has 1 N–H and O–H groups in total. The Hall–Kier alpha value is -3.21. The predicted octanol–water partition coefficient (Wildman–Crippen LogP) is 5.31. The number of esters is 1. The minimum atomic E-state index is -0.862. The number of benzene rings is 1. The average Bonchev–Trinajstić information content (AvgIpc) is 3.47. The molecule has 1 aromatic carbocycles. The summed E-state index contributed by atoms with van der Waals surface area (Å²) < 4.78 is 12.2. The van der Waals surface area contributed by atoms with Crippen LogP contribution in [0.5, 0.6) is 0 Å². The zero-order valence-corrected chi connectivity index (χ0v) is 26.8. The van der Waals surface area contributed by atoms with E-state index in [0.717, 1.165) is 23.5 Å². The van der Waals surface area contributed by atoms with Crippen LogP contribution in [0, 0.1) is 5.92 Å². The van der Waals surface area contributed by atoms with Crippen LogP contribution in [0.1, 0.15) is 36.9 Å². The van der Waals surface area contributed by atoms with Gasteiger partial charge < -0.3 is 24.3 Å². The third-order valence-electron chi connectivity index (χ3n) is 7.63. The quantitative estimate of drug-likeness (QED) is 0.200. The number of halogens is 2. The molecule has 2 amide bonds. The molecule has 2 aromatic rings. The number of carbonyl (C=O) groups is 3. The van der Waals surface area contributed by atoms with Gasteiger partial charge in [0.1, 0.15) is 6.04 Å². The summed E-state index contributed by atoms with van der Waals surface area (Å²) in [6, 6.07) is 2.83. The first-order valence-electron chi connectivity index (χ1n) is 14.0. The highest BCUT2D eigenvalue weighted by molar-refractivity contribution is 7.98. The number of aromatic nitrogens is 2. The molecule has 1 saturated heterocycles. The number of imidazole rings is 1. The van der Waals surface area contributed by atoms with E-state index in [-0.39, 0.29) is 24.2 Å². The second-order valence-corrected chi connectivity index (χ2v) is 12.0. The zero-order chi connectivity index (χ0) is 30.9. The Morgan fingerprint density at radius 1 is 1.14 bits per heavy atom. The predicted molar refractivity (Wildman–Crippen MR) is 169 cm³/mol. The number of methoxy groups -OCH3 is 2. The Labute approximate surface area is 266 Å². The number of hydrogen-bond acceptors (Lipinski definition) is 7. The van der Waals surface area contributed by atoms with Gasteiger partial charge in [0.2, 0.25) is 11.8 Å². The fourth-order valence-electron chi connectivity index (χ4n) is 5.09. The molecule has 0 radical (unpaired) electrons. The Morgan fingerprint density at radius 3 is 2.56 bits per heavy atom. The van der Waals surface area contributed by atoms with Gasteiger partial charge in [-0.25, -0.2) is 9.78 Å². The molecule has 1 aromatic heterocycles. The number of allylic oxidation sites excluding steroid dienone is 4. The van der Waals surface area contributed by atoms with Crippen molar-refractivity contribution in [2.24, 2.45) is 5.92 Å². The molecule has 230 valence electrons. The van der Waals surface area contributed by atoms with Crippen LogP contribution < -0.4 is 5.32 Å². The summed E-state index contributed by atoms with van der Waals surface area (Å²) >= 11 is 14.2. The van der Waals surface area contributed by atoms with E-state index < -0.39 is 12.0 Å². The van der Waals surface area contributed by atoms with E-state index >= 15 is 0 Å². The van der Waals surface area contributed by atoms with Crippen molar-refractivity contribution < 1.29 is 23.9 Å². The van der Waals surface area contributed by atoms with E-state index in [2.05, 4.69) is 16.4 Å². The maximum Gasteiger partial charge on any atom is 0.328 e. The molecule has 1 fully saturated rings. The zero-order valence-electron chi connectivity index (χ0n) is 24.5. The molecule has 0 unspecified atom stereocenters. The number of amides is 2. The van der Waals surface area contributed by atoms with Gasteiger partial charge >= 0.3 is 5.97 Å². The van der Waals surface area contributed by atoms with Crippen LogP contribution in [-0.2, 0) is 36.8 Å². The SMILES string of the molecule is COC(=O)[C@H](Cc1cn(CC2=CC=C(OC)CC2)cn1)NC(=O)C1CCN(C(=O)/C=C/c2ccc(SC)c(Cl)c2Cl)CC1. The molecule has 1 atom stereocenters. The Morgan fingerprint density at radius 2 is 1.91 bits per heavy atom. The molecule has 0 spiro atoms. The highest BCUT2D eigenvalue weighted by atomic mass is 35.5. The third kappa shape index (κ3) is 8.68. The van der Waals surface area contributed by atoms with Crippen LogP contribution in [0.4, 0.5) is 0 Å². The number of piperidine rings is 1. The number of likely N-dealkylation sites (tertiary alicyclic amines) is 1. The van der Waals surface area contributed by atoms with Crippen LogP contribution in [-0.4, -0.2) is 71.8 Å². The molecular weight excluding hydrogens is 611 g/mol. The first-order chi connectivity index (χ1) is 20.7. The summed E-state index contributed by atoms with van der Waals surface area (Å²) in [5.41, 5.74) is 2.59. The molecule has 9 nitrogen and oxygen atoms in total. The number of carbonyl (C=O) groups excluding carboxylic acids is 3. The number of rotatable bonds is 11. The molecule has 2 heterocycles. The monoisotopic (exact) mass is 646 g/mol. The minimum Gasteiger partial charge on any atom is -0.501 e.